The first-order valence-electron chi connectivity index (χ1n) is 10.5. The van der Waals surface area contributed by atoms with Gasteiger partial charge in [-0.2, -0.15) is 0 Å². The summed E-state index contributed by atoms with van der Waals surface area (Å²) < 4.78 is 37.2. The van der Waals surface area contributed by atoms with E-state index in [1.165, 1.54) is 12.7 Å². The van der Waals surface area contributed by atoms with E-state index in [4.69, 9.17) is 9.47 Å². The summed E-state index contributed by atoms with van der Waals surface area (Å²) in [5.41, 5.74) is 2.45. The highest BCUT2D eigenvalue weighted by atomic mass is 32.2. The number of aryl methyl sites for hydroxylation is 1. The van der Waals surface area contributed by atoms with Crippen molar-refractivity contribution in [1.29, 1.82) is 0 Å². The van der Waals surface area contributed by atoms with E-state index in [2.05, 4.69) is 26.1 Å². The Morgan fingerprint density at radius 2 is 1.75 bits per heavy atom. The number of hydrogen-bond acceptors (Lipinski definition) is 5. The summed E-state index contributed by atoms with van der Waals surface area (Å²) in [6, 6.07) is 12.1. The summed E-state index contributed by atoms with van der Waals surface area (Å²) in [6.07, 6.45) is 1.07. The molecule has 0 aliphatic carbocycles. The number of nitrogens with zero attached hydrogens (tertiary/aromatic N) is 1. The van der Waals surface area contributed by atoms with Gasteiger partial charge >= 0.3 is 0 Å². The molecule has 0 heterocycles. The number of hydrogen-bond donors (Lipinski definition) is 1. The van der Waals surface area contributed by atoms with E-state index in [1.54, 1.807) is 19.1 Å². The van der Waals surface area contributed by atoms with Crippen LogP contribution in [0.2, 0.25) is 0 Å². The molecule has 176 valence electrons. The first kappa shape index (κ1) is 25.5. The van der Waals surface area contributed by atoms with E-state index in [1.807, 2.05) is 37.3 Å². The number of sulfonamides is 1. The summed E-state index contributed by atoms with van der Waals surface area (Å²) >= 11 is 0. The molecule has 0 aliphatic rings. The fraction of sp³-hybridized carbons (Fsp3) is 0.458. The monoisotopic (exact) mass is 462 g/mol. The van der Waals surface area contributed by atoms with Crippen molar-refractivity contribution in [2.24, 2.45) is 0 Å². The normalized spacial score (nSPS) is 12.7. The van der Waals surface area contributed by atoms with Crippen LogP contribution < -0.4 is 19.1 Å². The second kappa shape index (κ2) is 10.3. The molecule has 0 bridgehead atoms. The van der Waals surface area contributed by atoms with E-state index in [-0.39, 0.29) is 18.6 Å². The molecule has 2 aromatic rings. The molecule has 0 saturated carbocycles. The van der Waals surface area contributed by atoms with Crippen LogP contribution in [0, 0.1) is 6.92 Å². The predicted molar refractivity (Wildman–Crippen MR) is 128 cm³/mol. The minimum Gasteiger partial charge on any atom is -0.495 e. The summed E-state index contributed by atoms with van der Waals surface area (Å²) in [5.74, 6) is 0.663. The Kier molecular flexibility index (Phi) is 8.18. The number of ether oxygens (including phenoxy) is 2. The average Bonchev–Trinajstić information content (AvgIpc) is 2.70. The van der Waals surface area contributed by atoms with Gasteiger partial charge in [-0.15, -0.1) is 0 Å². The van der Waals surface area contributed by atoms with Gasteiger partial charge in [-0.25, -0.2) is 8.42 Å². The molecular weight excluding hydrogens is 428 g/mol. The Hall–Kier alpha value is -2.74. The molecule has 0 spiro atoms. The third-order valence-corrected chi connectivity index (χ3v) is 6.28. The van der Waals surface area contributed by atoms with E-state index in [9.17, 15) is 13.2 Å². The molecule has 0 fully saturated rings. The molecule has 8 heteroatoms. The SMILES string of the molecule is COc1ccc(C)cc1N([C@H](C)C(=O)NCCOc1ccc(C(C)(C)C)cc1)S(C)(=O)=O. The molecule has 0 saturated heterocycles. The largest absolute Gasteiger partial charge is 0.495 e. The average molecular weight is 463 g/mol. The van der Waals surface area contributed by atoms with Crippen molar-refractivity contribution >= 4 is 21.6 Å². The van der Waals surface area contributed by atoms with Gasteiger partial charge in [0.2, 0.25) is 15.9 Å². The van der Waals surface area contributed by atoms with Crippen LogP contribution in [0.3, 0.4) is 0 Å². The molecule has 1 atom stereocenters. The summed E-state index contributed by atoms with van der Waals surface area (Å²) in [4.78, 5) is 12.7. The smallest absolute Gasteiger partial charge is 0.243 e. The van der Waals surface area contributed by atoms with Gasteiger partial charge in [0.1, 0.15) is 24.1 Å². The fourth-order valence-corrected chi connectivity index (χ4v) is 4.47. The quantitative estimate of drug-likeness (QED) is 0.575. The number of amides is 1. The van der Waals surface area contributed by atoms with Crippen molar-refractivity contribution in [2.45, 2.75) is 46.1 Å². The van der Waals surface area contributed by atoms with Crippen LogP contribution in [0.5, 0.6) is 11.5 Å². The first-order chi connectivity index (χ1) is 14.8. The van der Waals surface area contributed by atoms with Crippen LogP contribution in [0.4, 0.5) is 5.69 Å². The van der Waals surface area contributed by atoms with Crippen molar-refractivity contribution in [2.75, 3.05) is 30.8 Å². The van der Waals surface area contributed by atoms with Gasteiger partial charge in [0.15, 0.2) is 0 Å². The van der Waals surface area contributed by atoms with Crippen LogP contribution in [0.25, 0.3) is 0 Å². The number of nitrogens with one attached hydrogen (secondary N) is 1. The van der Waals surface area contributed by atoms with Crippen molar-refractivity contribution in [3.63, 3.8) is 0 Å². The van der Waals surface area contributed by atoms with Crippen LogP contribution >= 0.6 is 0 Å². The highest BCUT2D eigenvalue weighted by Gasteiger charge is 2.31. The Balaban J connectivity index is 2.03. The van der Waals surface area contributed by atoms with Gasteiger partial charge in [-0.05, 0) is 54.7 Å². The summed E-state index contributed by atoms with van der Waals surface area (Å²) in [7, 11) is -2.28. The van der Waals surface area contributed by atoms with Gasteiger partial charge in [-0.1, -0.05) is 39.0 Å². The maximum atomic E-state index is 12.7. The molecule has 1 amide bonds. The number of methoxy groups -OCH3 is 1. The van der Waals surface area contributed by atoms with Crippen LogP contribution in [0.1, 0.15) is 38.8 Å². The van der Waals surface area contributed by atoms with Gasteiger partial charge in [-0.3, -0.25) is 9.10 Å². The van der Waals surface area contributed by atoms with E-state index < -0.39 is 22.0 Å². The Morgan fingerprint density at radius 3 is 2.28 bits per heavy atom. The molecule has 32 heavy (non-hydrogen) atoms. The maximum absolute atomic E-state index is 12.7. The van der Waals surface area contributed by atoms with Gasteiger partial charge < -0.3 is 14.8 Å². The lowest BCUT2D eigenvalue weighted by Crippen LogP contribution is -2.48. The van der Waals surface area contributed by atoms with Crippen molar-refractivity contribution in [3.8, 4) is 11.5 Å². The molecule has 2 aromatic carbocycles. The molecule has 0 unspecified atom stereocenters. The zero-order valence-electron chi connectivity index (χ0n) is 19.9. The number of carbonyl (C=O) groups is 1. The molecule has 0 aliphatic heterocycles. The van der Waals surface area contributed by atoms with E-state index >= 15 is 0 Å². The Labute approximate surface area is 191 Å². The second-order valence-corrected chi connectivity index (χ2v) is 10.7. The summed E-state index contributed by atoms with van der Waals surface area (Å²) in [5, 5.41) is 2.75. The third kappa shape index (κ3) is 6.63. The van der Waals surface area contributed by atoms with Crippen molar-refractivity contribution in [1.82, 2.24) is 5.32 Å². The number of carbonyl (C=O) groups excluding carboxylic acids is 1. The van der Waals surface area contributed by atoms with Crippen LogP contribution in [0.15, 0.2) is 42.5 Å². The standard InChI is InChI=1S/C24H34N2O5S/c1-17-8-13-22(30-6)21(16-17)26(32(7,28)29)18(2)23(27)25-14-15-31-20-11-9-19(10-12-20)24(3,4)5/h8-13,16,18H,14-15H2,1-7H3,(H,25,27)/t18-/m1/s1. The second-order valence-electron chi connectivity index (χ2n) is 8.82. The van der Waals surface area contributed by atoms with E-state index in [0.717, 1.165) is 16.1 Å². The third-order valence-electron chi connectivity index (χ3n) is 5.05. The lowest BCUT2D eigenvalue weighted by molar-refractivity contribution is -0.121. The molecular formula is C24H34N2O5S. The minimum atomic E-state index is -3.74. The van der Waals surface area contributed by atoms with Gasteiger partial charge in [0.05, 0.1) is 25.6 Å². The lowest BCUT2D eigenvalue weighted by Gasteiger charge is -2.29. The Morgan fingerprint density at radius 1 is 1.12 bits per heavy atom. The topological polar surface area (TPSA) is 84.9 Å². The zero-order chi connectivity index (χ0) is 24.1. The highest BCUT2D eigenvalue weighted by Crippen LogP contribution is 2.32. The zero-order valence-corrected chi connectivity index (χ0v) is 20.7. The van der Waals surface area contributed by atoms with E-state index in [0.29, 0.717) is 17.2 Å². The Bertz CT molecular complexity index is 1030. The van der Waals surface area contributed by atoms with Crippen LogP contribution in [-0.4, -0.2) is 46.9 Å². The first-order valence-corrected chi connectivity index (χ1v) is 12.3. The van der Waals surface area contributed by atoms with Crippen molar-refractivity contribution in [3.05, 3.63) is 53.6 Å². The minimum absolute atomic E-state index is 0.0636. The number of benzene rings is 2. The molecule has 0 radical (unpaired) electrons. The predicted octanol–water partition coefficient (Wildman–Crippen LogP) is 3.65. The van der Waals surface area contributed by atoms with Crippen molar-refractivity contribution < 1.29 is 22.7 Å². The number of rotatable bonds is 9. The summed E-state index contributed by atoms with van der Waals surface area (Å²) in [6.45, 7) is 10.3. The maximum Gasteiger partial charge on any atom is 0.243 e. The molecule has 1 N–H and O–H groups in total. The lowest BCUT2D eigenvalue weighted by atomic mass is 9.87. The molecule has 7 nitrogen and oxygen atoms in total. The highest BCUT2D eigenvalue weighted by molar-refractivity contribution is 7.92. The number of anilines is 1. The van der Waals surface area contributed by atoms with Crippen LogP contribution in [-0.2, 0) is 20.2 Å². The van der Waals surface area contributed by atoms with Gasteiger partial charge in [0.25, 0.3) is 0 Å². The molecule has 0 aromatic heterocycles. The fourth-order valence-electron chi connectivity index (χ4n) is 3.30. The van der Waals surface area contributed by atoms with Gasteiger partial charge in [0, 0.05) is 0 Å². The molecule has 2 rings (SSSR count).